The topological polar surface area (TPSA) is 38.7 Å². The third-order valence-electron chi connectivity index (χ3n) is 2.10. The number of methoxy groups -OCH3 is 1. The van der Waals surface area contributed by atoms with Crippen LogP contribution in [0, 0.1) is 0 Å². The van der Waals surface area contributed by atoms with Crippen LogP contribution >= 0.6 is 0 Å². The first-order valence-corrected chi connectivity index (χ1v) is 5.00. The molecule has 0 aliphatic carbocycles. The summed E-state index contributed by atoms with van der Waals surface area (Å²) in [6, 6.07) is 4.23. The number of rotatable bonds is 5. The van der Waals surface area contributed by atoms with Crippen molar-refractivity contribution in [2.75, 3.05) is 13.7 Å². The quantitative estimate of drug-likeness (QED) is 0.872. The lowest BCUT2D eigenvalue weighted by molar-refractivity contribution is -0.274. The fourth-order valence-corrected chi connectivity index (χ4v) is 1.36. The predicted molar refractivity (Wildman–Crippen MR) is 55.1 cm³/mol. The van der Waals surface area contributed by atoms with E-state index in [1.54, 1.807) is 6.07 Å². The first-order chi connectivity index (χ1) is 7.96. The molecule has 0 atom stereocenters. The lowest BCUT2D eigenvalue weighted by atomic mass is 10.1. The summed E-state index contributed by atoms with van der Waals surface area (Å²) in [5, 5.41) is 8.66. The van der Waals surface area contributed by atoms with Crippen molar-refractivity contribution in [2.45, 2.75) is 19.2 Å². The zero-order valence-corrected chi connectivity index (χ0v) is 9.25. The molecule has 0 spiro atoms. The van der Waals surface area contributed by atoms with E-state index in [1.807, 2.05) is 0 Å². The Morgan fingerprint density at radius 3 is 2.53 bits per heavy atom. The summed E-state index contributed by atoms with van der Waals surface area (Å²) in [4.78, 5) is 0. The Morgan fingerprint density at radius 2 is 2.00 bits per heavy atom. The molecule has 0 heterocycles. The molecule has 1 aromatic carbocycles. The standard InChI is InChI=1S/C11H13F3O3/c1-16-9-5-4-8(3-2-6-15)10(7-9)17-11(12,13)14/h4-5,7,15H,2-3,6H2,1H3. The van der Waals surface area contributed by atoms with Crippen molar-refractivity contribution in [3.05, 3.63) is 23.8 Å². The first kappa shape index (κ1) is 13.6. The van der Waals surface area contributed by atoms with Crippen molar-refractivity contribution < 1.29 is 27.8 Å². The van der Waals surface area contributed by atoms with E-state index in [-0.39, 0.29) is 18.1 Å². The van der Waals surface area contributed by atoms with Gasteiger partial charge in [-0.2, -0.15) is 0 Å². The second-order valence-corrected chi connectivity index (χ2v) is 3.35. The SMILES string of the molecule is COc1ccc(CCCO)c(OC(F)(F)F)c1. The molecule has 0 fully saturated rings. The van der Waals surface area contributed by atoms with Gasteiger partial charge < -0.3 is 14.6 Å². The molecule has 0 radical (unpaired) electrons. The maximum Gasteiger partial charge on any atom is 0.573 e. The molecule has 17 heavy (non-hydrogen) atoms. The van der Waals surface area contributed by atoms with Gasteiger partial charge in [-0.05, 0) is 24.5 Å². The lowest BCUT2D eigenvalue weighted by Crippen LogP contribution is -2.18. The van der Waals surface area contributed by atoms with E-state index in [1.165, 1.54) is 19.2 Å². The highest BCUT2D eigenvalue weighted by Gasteiger charge is 2.32. The first-order valence-electron chi connectivity index (χ1n) is 5.00. The minimum Gasteiger partial charge on any atom is -0.497 e. The van der Waals surface area contributed by atoms with Crippen molar-refractivity contribution in [2.24, 2.45) is 0 Å². The van der Waals surface area contributed by atoms with Crippen molar-refractivity contribution in [3.63, 3.8) is 0 Å². The van der Waals surface area contributed by atoms with Gasteiger partial charge >= 0.3 is 6.36 Å². The largest absolute Gasteiger partial charge is 0.573 e. The Balaban J connectivity index is 2.94. The van der Waals surface area contributed by atoms with Crippen LogP contribution in [0.25, 0.3) is 0 Å². The van der Waals surface area contributed by atoms with E-state index in [2.05, 4.69) is 4.74 Å². The van der Waals surface area contributed by atoms with Crippen LogP contribution in [0.3, 0.4) is 0 Å². The number of aliphatic hydroxyl groups excluding tert-OH is 1. The average molecular weight is 250 g/mol. The van der Waals surface area contributed by atoms with Crippen molar-refractivity contribution in [1.82, 2.24) is 0 Å². The summed E-state index contributed by atoms with van der Waals surface area (Å²) in [5.41, 5.74) is 0.386. The van der Waals surface area contributed by atoms with Gasteiger partial charge in [-0.3, -0.25) is 0 Å². The minimum atomic E-state index is -4.74. The monoisotopic (exact) mass is 250 g/mol. The third-order valence-corrected chi connectivity index (χ3v) is 2.10. The van der Waals surface area contributed by atoms with Crippen LogP contribution in [0.4, 0.5) is 13.2 Å². The van der Waals surface area contributed by atoms with Crippen molar-refractivity contribution in [1.29, 1.82) is 0 Å². The van der Waals surface area contributed by atoms with Crippen LogP contribution in [0.15, 0.2) is 18.2 Å². The van der Waals surface area contributed by atoms with Gasteiger partial charge in [-0.15, -0.1) is 13.2 Å². The predicted octanol–water partition coefficient (Wildman–Crippen LogP) is 2.52. The highest BCUT2D eigenvalue weighted by Crippen LogP contribution is 2.30. The molecule has 0 amide bonds. The van der Waals surface area contributed by atoms with Gasteiger partial charge in [0.2, 0.25) is 0 Å². The molecule has 3 nitrogen and oxygen atoms in total. The van der Waals surface area contributed by atoms with E-state index in [0.29, 0.717) is 18.4 Å². The summed E-state index contributed by atoms with van der Waals surface area (Å²) in [5.74, 6) is 0.00213. The summed E-state index contributed by atoms with van der Waals surface area (Å²) >= 11 is 0. The van der Waals surface area contributed by atoms with Gasteiger partial charge in [-0.1, -0.05) is 6.07 Å². The van der Waals surface area contributed by atoms with Crippen LogP contribution in [-0.4, -0.2) is 25.2 Å². The fraction of sp³-hybridized carbons (Fsp3) is 0.455. The zero-order valence-electron chi connectivity index (χ0n) is 9.25. The highest BCUT2D eigenvalue weighted by atomic mass is 19.4. The fourth-order valence-electron chi connectivity index (χ4n) is 1.36. The molecule has 0 saturated heterocycles. The maximum absolute atomic E-state index is 12.2. The van der Waals surface area contributed by atoms with Gasteiger partial charge in [0.25, 0.3) is 0 Å². The molecular weight excluding hydrogens is 237 g/mol. The van der Waals surface area contributed by atoms with Crippen LogP contribution in [0.2, 0.25) is 0 Å². The molecule has 0 aliphatic rings. The van der Waals surface area contributed by atoms with E-state index >= 15 is 0 Å². The summed E-state index contributed by atoms with van der Waals surface area (Å²) in [6.07, 6.45) is -4.05. The number of benzene rings is 1. The Hall–Kier alpha value is -1.43. The van der Waals surface area contributed by atoms with E-state index in [0.717, 1.165) is 0 Å². The lowest BCUT2D eigenvalue weighted by Gasteiger charge is -2.14. The van der Waals surface area contributed by atoms with E-state index in [4.69, 9.17) is 9.84 Å². The van der Waals surface area contributed by atoms with Gasteiger partial charge in [0, 0.05) is 12.7 Å². The Morgan fingerprint density at radius 1 is 1.29 bits per heavy atom. The summed E-state index contributed by atoms with van der Waals surface area (Å²) < 4.78 is 45.2. The van der Waals surface area contributed by atoms with Crippen LogP contribution in [0.1, 0.15) is 12.0 Å². The molecule has 1 N–H and O–H groups in total. The number of halogens is 3. The zero-order chi connectivity index (χ0) is 12.9. The molecule has 0 aromatic heterocycles. The number of hydrogen-bond acceptors (Lipinski definition) is 3. The number of ether oxygens (including phenoxy) is 2. The summed E-state index contributed by atoms with van der Waals surface area (Å²) in [7, 11) is 1.36. The minimum absolute atomic E-state index is 0.0858. The van der Waals surface area contributed by atoms with Crippen molar-refractivity contribution >= 4 is 0 Å². The van der Waals surface area contributed by atoms with Crippen LogP contribution in [-0.2, 0) is 6.42 Å². The van der Waals surface area contributed by atoms with Gasteiger partial charge in [0.05, 0.1) is 7.11 Å². The molecule has 0 saturated carbocycles. The van der Waals surface area contributed by atoms with Gasteiger partial charge in [-0.25, -0.2) is 0 Å². The molecule has 0 unspecified atom stereocenters. The summed E-state index contributed by atoms with van der Waals surface area (Å²) in [6.45, 7) is -0.0858. The molecule has 96 valence electrons. The number of hydrogen-bond donors (Lipinski definition) is 1. The Bertz CT molecular complexity index is 363. The number of alkyl halides is 3. The van der Waals surface area contributed by atoms with Crippen LogP contribution < -0.4 is 9.47 Å². The van der Waals surface area contributed by atoms with E-state index in [9.17, 15) is 13.2 Å². The molecule has 1 aromatic rings. The second kappa shape index (κ2) is 5.77. The maximum atomic E-state index is 12.2. The van der Waals surface area contributed by atoms with Gasteiger partial charge in [0.1, 0.15) is 11.5 Å². The highest BCUT2D eigenvalue weighted by molar-refractivity contribution is 5.41. The molecule has 1 rings (SSSR count). The number of aliphatic hydroxyl groups is 1. The van der Waals surface area contributed by atoms with Crippen molar-refractivity contribution in [3.8, 4) is 11.5 Å². The molecule has 0 bridgehead atoms. The van der Waals surface area contributed by atoms with Gasteiger partial charge in [0.15, 0.2) is 0 Å². The van der Waals surface area contributed by atoms with Crippen LogP contribution in [0.5, 0.6) is 11.5 Å². The molecular formula is C11H13F3O3. The normalized spacial score (nSPS) is 11.4. The Labute approximate surface area is 96.8 Å². The smallest absolute Gasteiger partial charge is 0.497 e. The number of aryl methyl sites for hydroxylation is 1. The molecule has 0 aliphatic heterocycles. The second-order valence-electron chi connectivity index (χ2n) is 3.35. The van der Waals surface area contributed by atoms with E-state index < -0.39 is 6.36 Å². The Kier molecular flexibility index (Phi) is 4.62. The third kappa shape index (κ3) is 4.52. The average Bonchev–Trinajstić information content (AvgIpc) is 2.25. The molecule has 6 heteroatoms.